The second-order valence-electron chi connectivity index (χ2n) is 7.99. The molecule has 188 valence electrons. The molecule has 0 bridgehead atoms. The lowest BCUT2D eigenvalue weighted by molar-refractivity contribution is -0.173. The number of nitrogens with zero attached hydrogens (tertiary/aromatic N) is 1. The number of carbonyl (C=O) groups is 2. The lowest BCUT2D eigenvalue weighted by Gasteiger charge is -2.27. The summed E-state index contributed by atoms with van der Waals surface area (Å²) in [7, 11) is -4.16. The molecule has 0 amide bonds. The molecule has 35 heavy (non-hydrogen) atoms. The Kier molecular flexibility index (Phi) is 7.22. The summed E-state index contributed by atoms with van der Waals surface area (Å²) < 4.78 is 42.3. The molecule has 2 aliphatic heterocycles. The molecular formula is C21H24N3O10P. The summed E-state index contributed by atoms with van der Waals surface area (Å²) in [4.78, 5) is 50.7. The van der Waals surface area contributed by atoms with Crippen molar-refractivity contribution in [1.82, 2.24) is 14.6 Å². The molecule has 0 saturated carbocycles. The molecule has 2 aliphatic rings. The van der Waals surface area contributed by atoms with Crippen molar-refractivity contribution in [2.24, 2.45) is 0 Å². The van der Waals surface area contributed by atoms with Gasteiger partial charge in [-0.05, 0) is 26.0 Å². The van der Waals surface area contributed by atoms with E-state index in [0.29, 0.717) is 0 Å². The fourth-order valence-electron chi connectivity index (χ4n) is 3.54. The summed E-state index contributed by atoms with van der Waals surface area (Å²) in [5.41, 5.74) is -1.30. The third-order valence-electron chi connectivity index (χ3n) is 5.32. The van der Waals surface area contributed by atoms with E-state index in [-0.39, 0.29) is 18.8 Å². The summed E-state index contributed by atoms with van der Waals surface area (Å²) in [5.74, 6) is -1.48. The van der Waals surface area contributed by atoms with Gasteiger partial charge in [-0.2, -0.15) is 5.09 Å². The molecule has 1 aromatic carbocycles. The quantitative estimate of drug-likeness (QED) is 0.445. The Morgan fingerprint density at radius 2 is 1.74 bits per heavy atom. The first-order chi connectivity index (χ1) is 16.6. The Hall–Kier alpha value is -3.25. The number of para-hydroxylation sites is 1. The van der Waals surface area contributed by atoms with Crippen LogP contribution in [0.15, 0.2) is 52.2 Å². The van der Waals surface area contributed by atoms with Gasteiger partial charge in [-0.15, -0.1) is 0 Å². The van der Waals surface area contributed by atoms with Gasteiger partial charge in [0.1, 0.15) is 30.2 Å². The minimum Gasteiger partial charge on any atom is -0.457 e. The molecule has 13 nitrogen and oxygen atoms in total. The molecule has 0 radical (unpaired) electrons. The summed E-state index contributed by atoms with van der Waals surface area (Å²) in [6.45, 7) is 2.34. The van der Waals surface area contributed by atoms with E-state index in [2.05, 4.69) is 10.1 Å². The Morgan fingerprint density at radius 1 is 1.00 bits per heavy atom. The van der Waals surface area contributed by atoms with E-state index < -0.39 is 61.5 Å². The van der Waals surface area contributed by atoms with Gasteiger partial charge in [0, 0.05) is 18.7 Å². The van der Waals surface area contributed by atoms with Gasteiger partial charge in [0.2, 0.25) is 0 Å². The third kappa shape index (κ3) is 5.88. The predicted octanol–water partition coefficient (Wildman–Crippen LogP) is 0.863. The number of carbonyl (C=O) groups excluding carboxylic acids is 2. The number of benzene rings is 1. The number of aromatic nitrogens is 2. The van der Waals surface area contributed by atoms with Crippen LogP contribution in [0.2, 0.25) is 0 Å². The first-order valence-corrected chi connectivity index (χ1v) is 12.3. The minimum atomic E-state index is -4.16. The van der Waals surface area contributed by atoms with E-state index in [1.165, 1.54) is 20.0 Å². The predicted molar refractivity (Wildman–Crippen MR) is 119 cm³/mol. The van der Waals surface area contributed by atoms with Crippen LogP contribution in [0.4, 0.5) is 0 Å². The van der Waals surface area contributed by atoms with Crippen LogP contribution >= 0.6 is 7.75 Å². The van der Waals surface area contributed by atoms with Crippen LogP contribution in [0, 0.1) is 0 Å². The molecule has 1 aromatic heterocycles. The van der Waals surface area contributed by atoms with Crippen LogP contribution in [0.5, 0.6) is 5.75 Å². The zero-order chi connectivity index (χ0) is 25.2. The molecule has 6 atom stereocenters. The fraction of sp³-hybridized carbons (Fsp3) is 0.429. The van der Waals surface area contributed by atoms with E-state index in [1.807, 2.05) is 0 Å². The zero-order valence-electron chi connectivity index (χ0n) is 18.8. The topological polar surface area (TPSA) is 164 Å². The Balaban J connectivity index is 1.62. The van der Waals surface area contributed by atoms with E-state index >= 15 is 0 Å². The van der Waals surface area contributed by atoms with E-state index in [4.69, 9.17) is 23.3 Å². The first-order valence-electron chi connectivity index (χ1n) is 10.8. The number of aromatic amines is 1. The molecule has 2 aromatic rings. The van der Waals surface area contributed by atoms with Crippen LogP contribution in [-0.4, -0.2) is 52.5 Å². The highest BCUT2D eigenvalue weighted by Crippen LogP contribution is 2.46. The molecule has 0 aliphatic carbocycles. The fourth-order valence-corrected chi connectivity index (χ4v) is 5.04. The average molecular weight is 509 g/mol. The van der Waals surface area contributed by atoms with Crippen molar-refractivity contribution in [2.75, 3.05) is 6.61 Å². The lowest BCUT2D eigenvalue weighted by Crippen LogP contribution is -2.42. The molecule has 4 rings (SSSR count). The number of cyclic esters (lactones) is 1. The third-order valence-corrected chi connectivity index (χ3v) is 6.96. The normalized spacial score (nSPS) is 31.9. The molecule has 0 spiro atoms. The molecular weight excluding hydrogens is 485 g/mol. The van der Waals surface area contributed by atoms with Crippen molar-refractivity contribution >= 4 is 19.7 Å². The number of H-pyrrole nitrogens is 1. The number of hydrogen-bond donors (Lipinski definition) is 2. The molecule has 2 N–H and O–H groups in total. The number of esters is 2. The monoisotopic (exact) mass is 509 g/mol. The average Bonchev–Trinajstić information content (AvgIpc) is 3.19. The molecule has 3 heterocycles. The Labute approximate surface area is 198 Å². The Morgan fingerprint density at radius 3 is 2.46 bits per heavy atom. The lowest BCUT2D eigenvalue weighted by atomic mass is 10.2. The van der Waals surface area contributed by atoms with E-state index in [0.717, 1.165) is 10.6 Å². The minimum absolute atomic E-state index is 0.0139. The maximum atomic E-state index is 13.6. The molecule has 2 unspecified atom stereocenters. The second kappa shape index (κ2) is 10.2. The Bertz CT molecular complexity index is 1250. The highest BCUT2D eigenvalue weighted by Gasteiger charge is 2.43. The highest BCUT2D eigenvalue weighted by molar-refractivity contribution is 7.52. The van der Waals surface area contributed by atoms with Crippen molar-refractivity contribution in [3.63, 3.8) is 0 Å². The van der Waals surface area contributed by atoms with Crippen molar-refractivity contribution < 1.29 is 37.4 Å². The van der Waals surface area contributed by atoms with Crippen LogP contribution in [-0.2, 0) is 32.9 Å². The van der Waals surface area contributed by atoms with Crippen LogP contribution < -0.4 is 20.9 Å². The highest BCUT2D eigenvalue weighted by atomic mass is 31.2. The van der Waals surface area contributed by atoms with E-state index in [1.54, 1.807) is 30.3 Å². The van der Waals surface area contributed by atoms with Gasteiger partial charge in [0.15, 0.2) is 6.10 Å². The molecule has 2 saturated heterocycles. The second-order valence-corrected chi connectivity index (χ2v) is 9.68. The number of hydrogen-bond acceptors (Lipinski definition) is 10. The standard InChI is InChI=1S/C21H24N3O10P/c1-12-19(26)31-13(2)20(27)33-15-10-18(24-9-8-17(25)22-21(24)28)32-16(15)11-30-35(29,23-12)34-14-6-4-3-5-7-14/h3-9,12-13,15-16,18H,10-11H2,1-2H3,(H,23,29)(H,22,25,28)/t12-,13-,15-,16+,18?,35?/m0/s1. The van der Waals surface area contributed by atoms with Gasteiger partial charge in [0.25, 0.3) is 5.56 Å². The SMILES string of the molecule is C[C@@H]1NP(=O)(Oc2ccccc2)OC[C@H]2OC(n3ccc(=O)[nH]c3=O)C[C@@H]2OC(=O)[C@H](C)OC1=O. The number of nitrogens with one attached hydrogen (secondary N) is 2. The summed E-state index contributed by atoms with van der Waals surface area (Å²) in [6.07, 6.45) is -2.84. The van der Waals surface area contributed by atoms with Crippen molar-refractivity contribution in [2.45, 2.75) is 50.8 Å². The van der Waals surface area contributed by atoms with Crippen LogP contribution in [0.3, 0.4) is 0 Å². The summed E-state index contributed by atoms with van der Waals surface area (Å²) in [5, 5.41) is 2.52. The van der Waals surface area contributed by atoms with Crippen molar-refractivity contribution in [3.05, 3.63) is 63.4 Å². The smallest absolute Gasteiger partial charge is 0.457 e. The molecule has 14 heteroatoms. The van der Waals surface area contributed by atoms with Gasteiger partial charge in [-0.25, -0.2) is 14.2 Å². The van der Waals surface area contributed by atoms with Crippen molar-refractivity contribution in [3.8, 4) is 5.75 Å². The van der Waals surface area contributed by atoms with Gasteiger partial charge in [-0.1, -0.05) is 18.2 Å². The van der Waals surface area contributed by atoms with Gasteiger partial charge >= 0.3 is 25.4 Å². The van der Waals surface area contributed by atoms with Gasteiger partial charge in [-0.3, -0.25) is 23.7 Å². The molecule has 2 fully saturated rings. The maximum absolute atomic E-state index is 13.6. The van der Waals surface area contributed by atoms with Crippen LogP contribution in [0.1, 0.15) is 26.5 Å². The number of fused-ring (bicyclic) bond motifs is 1. The van der Waals surface area contributed by atoms with Gasteiger partial charge < -0.3 is 18.7 Å². The number of rotatable bonds is 3. The number of ether oxygens (including phenoxy) is 3. The largest absolute Gasteiger partial charge is 0.459 e. The van der Waals surface area contributed by atoms with Crippen molar-refractivity contribution in [1.29, 1.82) is 0 Å². The van der Waals surface area contributed by atoms with Crippen LogP contribution in [0.25, 0.3) is 0 Å². The first kappa shape index (κ1) is 24.9. The zero-order valence-corrected chi connectivity index (χ0v) is 19.7. The summed E-state index contributed by atoms with van der Waals surface area (Å²) >= 11 is 0. The van der Waals surface area contributed by atoms with Gasteiger partial charge in [0.05, 0.1) is 6.61 Å². The maximum Gasteiger partial charge on any atom is 0.459 e. The summed E-state index contributed by atoms with van der Waals surface area (Å²) in [6, 6.07) is 8.17. The van der Waals surface area contributed by atoms with E-state index in [9.17, 15) is 23.7 Å².